The van der Waals surface area contributed by atoms with Crippen molar-refractivity contribution < 1.29 is 24.1 Å². The SMILES string of the molecule is COc1ccc(Cc2cc(C(=O)NC3CCOCC3O)nc3c2OCCN3C)cc1. The van der Waals surface area contributed by atoms with Gasteiger partial charge >= 0.3 is 0 Å². The van der Waals surface area contributed by atoms with E-state index >= 15 is 0 Å². The molecule has 1 amide bonds. The highest BCUT2D eigenvalue weighted by molar-refractivity contribution is 5.93. The number of nitrogens with zero attached hydrogens (tertiary/aromatic N) is 2. The second kappa shape index (κ2) is 8.89. The van der Waals surface area contributed by atoms with Crippen LogP contribution in [-0.4, -0.2) is 68.7 Å². The first-order valence-electron chi connectivity index (χ1n) is 10.1. The summed E-state index contributed by atoms with van der Waals surface area (Å²) in [6.45, 7) is 2.01. The monoisotopic (exact) mass is 413 g/mol. The fourth-order valence-electron chi connectivity index (χ4n) is 3.72. The number of ether oxygens (including phenoxy) is 3. The lowest BCUT2D eigenvalue weighted by molar-refractivity contribution is -0.0261. The Morgan fingerprint density at radius 1 is 1.33 bits per heavy atom. The second-order valence-corrected chi connectivity index (χ2v) is 7.63. The van der Waals surface area contributed by atoms with Crippen LogP contribution in [0.25, 0.3) is 0 Å². The number of nitrogens with one attached hydrogen (secondary N) is 1. The number of aliphatic hydroxyl groups excluding tert-OH is 1. The molecule has 30 heavy (non-hydrogen) atoms. The summed E-state index contributed by atoms with van der Waals surface area (Å²) >= 11 is 0. The number of rotatable bonds is 5. The van der Waals surface area contributed by atoms with Crippen LogP contribution >= 0.6 is 0 Å². The Morgan fingerprint density at radius 2 is 2.13 bits per heavy atom. The van der Waals surface area contributed by atoms with E-state index in [0.29, 0.717) is 49.9 Å². The van der Waals surface area contributed by atoms with Crippen LogP contribution in [0.15, 0.2) is 30.3 Å². The quantitative estimate of drug-likeness (QED) is 0.765. The molecule has 8 heteroatoms. The van der Waals surface area contributed by atoms with Gasteiger partial charge in [0.2, 0.25) is 0 Å². The van der Waals surface area contributed by atoms with Crippen molar-refractivity contribution in [2.45, 2.75) is 25.0 Å². The largest absolute Gasteiger partial charge is 0.497 e. The minimum absolute atomic E-state index is 0.224. The number of amides is 1. The van der Waals surface area contributed by atoms with Crippen molar-refractivity contribution in [2.75, 3.05) is 45.4 Å². The van der Waals surface area contributed by atoms with Crippen molar-refractivity contribution in [1.82, 2.24) is 10.3 Å². The third kappa shape index (κ3) is 4.34. The van der Waals surface area contributed by atoms with E-state index in [1.807, 2.05) is 36.2 Å². The van der Waals surface area contributed by atoms with Gasteiger partial charge in [-0.2, -0.15) is 0 Å². The summed E-state index contributed by atoms with van der Waals surface area (Å²) in [4.78, 5) is 19.5. The molecule has 8 nitrogen and oxygen atoms in total. The fraction of sp³-hybridized carbons (Fsp3) is 0.455. The zero-order valence-corrected chi connectivity index (χ0v) is 17.3. The van der Waals surface area contributed by atoms with Gasteiger partial charge in [-0.05, 0) is 30.2 Å². The van der Waals surface area contributed by atoms with Crippen LogP contribution in [0.1, 0.15) is 28.0 Å². The number of hydrogen-bond donors (Lipinski definition) is 2. The van der Waals surface area contributed by atoms with Crippen molar-refractivity contribution in [1.29, 1.82) is 0 Å². The Balaban J connectivity index is 1.63. The molecule has 1 fully saturated rings. The van der Waals surface area contributed by atoms with Gasteiger partial charge in [-0.25, -0.2) is 4.98 Å². The molecule has 0 bridgehead atoms. The average Bonchev–Trinajstić information content (AvgIpc) is 2.76. The molecule has 0 saturated carbocycles. The van der Waals surface area contributed by atoms with Crippen LogP contribution in [0, 0.1) is 0 Å². The summed E-state index contributed by atoms with van der Waals surface area (Å²) in [5, 5.41) is 13.0. The van der Waals surface area contributed by atoms with Crippen LogP contribution in [0.2, 0.25) is 0 Å². The smallest absolute Gasteiger partial charge is 0.270 e. The van der Waals surface area contributed by atoms with Crippen molar-refractivity contribution in [3.8, 4) is 11.5 Å². The van der Waals surface area contributed by atoms with Crippen LogP contribution in [0.3, 0.4) is 0 Å². The number of methoxy groups -OCH3 is 1. The third-order valence-corrected chi connectivity index (χ3v) is 5.50. The molecular weight excluding hydrogens is 386 g/mol. The van der Waals surface area contributed by atoms with E-state index in [2.05, 4.69) is 10.3 Å². The maximum atomic E-state index is 12.9. The average molecular weight is 413 g/mol. The highest BCUT2D eigenvalue weighted by Gasteiger charge is 2.28. The van der Waals surface area contributed by atoms with E-state index in [4.69, 9.17) is 14.2 Å². The highest BCUT2D eigenvalue weighted by atomic mass is 16.5. The number of pyridine rings is 1. The van der Waals surface area contributed by atoms with E-state index in [1.54, 1.807) is 13.2 Å². The lowest BCUT2D eigenvalue weighted by Crippen LogP contribution is -2.49. The van der Waals surface area contributed by atoms with Gasteiger partial charge in [-0.1, -0.05) is 12.1 Å². The fourth-order valence-corrected chi connectivity index (χ4v) is 3.72. The van der Waals surface area contributed by atoms with Gasteiger partial charge in [0.25, 0.3) is 5.91 Å². The number of aromatic nitrogens is 1. The maximum absolute atomic E-state index is 12.9. The van der Waals surface area contributed by atoms with Crippen LogP contribution in [0.5, 0.6) is 11.5 Å². The van der Waals surface area contributed by atoms with Gasteiger partial charge in [-0.15, -0.1) is 0 Å². The summed E-state index contributed by atoms with van der Waals surface area (Å²) < 4.78 is 16.4. The first-order valence-corrected chi connectivity index (χ1v) is 10.1. The summed E-state index contributed by atoms with van der Waals surface area (Å²) in [5.41, 5.74) is 2.29. The number of hydrogen-bond acceptors (Lipinski definition) is 7. The number of carbonyl (C=O) groups is 1. The minimum atomic E-state index is -0.717. The lowest BCUT2D eigenvalue weighted by atomic mass is 10.0. The molecule has 2 aromatic rings. The Kier molecular flexibility index (Phi) is 6.06. The number of fused-ring (bicyclic) bond motifs is 1. The molecule has 2 atom stereocenters. The molecule has 0 radical (unpaired) electrons. The highest BCUT2D eigenvalue weighted by Crippen LogP contribution is 2.34. The molecule has 1 saturated heterocycles. The number of carbonyl (C=O) groups excluding carboxylic acids is 1. The molecule has 3 heterocycles. The number of anilines is 1. The lowest BCUT2D eigenvalue weighted by Gasteiger charge is -2.30. The minimum Gasteiger partial charge on any atom is -0.497 e. The summed E-state index contributed by atoms with van der Waals surface area (Å²) in [6.07, 6.45) is 0.452. The van der Waals surface area contributed by atoms with Gasteiger partial charge in [0.05, 0.1) is 32.4 Å². The first kappa shape index (κ1) is 20.4. The van der Waals surface area contributed by atoms with Gasteiger partial charge < -0.3 is 29.5 Å². The number of benzene rings is 1. The Hall–Kier alpha value is -2.84. The first-order chi connectivity index (χ1) is 14.5. The van der Waals surface area contributed by atoms with Crippen molar-refractivity contribution >= 4 is 11.7 Å². The van der Waals surface area contributed by atoms with Gasteiger partial charge in [0.15, 0.2) is 11.6 Å². The molecule has 2 aliphatic heterocycles. The van der Waals surface area contributed by atoms with Gasteiger partial charge in [0.1, 0.15) is 18.1 Å². The normalized spacial score (nSPS) is 20.8. The Labute approximate surface area is 175 Å². The predicted octanol–water partition coefficient (Wildman–Crippen LogP) is 1.39. The van der Waals surface area contributed by atoms with Crippen molar-refractivity contribution in [3.05, 3.63) is 47.2 Å². The molecule has 2 N–H and O–H groups in total. The molecule has 2 unspecified atom stereocenters. The molecule has 1 aromatic carbocycles. The summed E-state index contributed by atoms with van der Waals surface area (Å²) in [7, 11) is 3.58. The van der Waals surface area contributed by atoms with Crippen LogP contribution in [0.4, 0.5) is 5.82 Å². The standard InChI is InChI=1S/C22H27N3O5/c1-25-8-10-30-20-15(11-14-3-5-16(28-2)6-4-14)12-18(23-21(20)25)22(27)24-17-7-9-29-13-19(17)26/h3-6,12,17,19,26H,7-11,13H2,1-2H3,(H,24,27). The maximum Gasteiger partial charge on any atom is 0.270 e. The molecule has 4 rings (SSSR count). The number of likely N-dealkylation sites (N-methyl/N-ethyl adjacent to an activating group) is 1. The Bertz CT molecular complexity index is 902. The molecule has 0 spiro atoms. The molecular formula is C22H27N3O5. The number of aliphatic hydroxyl groups is 1. The van der Waals surface area contributed by atoms with Gasteiger partial charge in [0, 0.05) is 25.6 Å². The van der Waals surface area contributed by atoms with Crippen molar-refractivity contribution in [2.24, 2.45) is 0 Å². The van der Waals surface area contributed by atoms with E-state index in [9.17, 15) is 9.90 Å². The van der Waals surface area contributed by atoms with Gasteiger partial charge in [-0.3, -0.25) is 4.79 Å². The molecule has 160 valence electrons. The van der Waals surface area contributed by atoms with E-state index < -0.39 is 6.10 Å². The Morgan fingerprint density at radius 3 is 2.87 bits per heavy atom. The topological polar surface area (TPSA) is 93.2 Å². The summed E-state index contributed by atoms with van der Waals surface area (Å²) in [5.74, 6) is 1.85. The second-order valence-electron chi connectivity index (χ2n) is 7.63. The van der Waals surface area contributed by atoms with Crippen LogP contribution in [-0.2, 0) is 11.2 Å². The zero-order chi connectivity index (χ0) is 21.1. The summed E-state index contributed by atoms with van der Waals surface area (Å²) in [6, 6.07) is 9.25. The van der Waals surface area contributed by atoms with Crippen LogP contribution < -0.4 is 19.7 Å². The van der Waals surface area contributed by atoms with E-state index in [-0.39, 0.29) is 18.6 Å². The van der Waals surface area contributed by atoms with E-state index in [0.717, 1.165) is 16.9 Å². The third-order valence-electron chi connectivity index (χ3n) is 5.50. The zero-order valence-electron chi connectivity index (χ0n) is 17.3. The molecule has 1 aromatic heterocycles. The van der Waals surface area contributed by atoms with Crippen molar-refractivity contribution in [3.63, 3.8) is 0 Å². The molecule has 0 aliphatic carbocycles. The van der Waals surface area contributed by atoms with E-state index in [1.165, 1.54) is 0 Å². The predicted molar refractivity (Wildman–Crippen MR) is 111 cm³/mol. The molecule has 2 aliphatic rings.